The summed E-state index contributed by atoms with van der Waals surface area (Å²) in [6, 6.07) is 6.93. The lowest BCUT2D eigenvalue weighted by molar-refractivity contribution is -0.115. The van der Waals surface area contributed by atoms with Gasteiger partial charge in [-0.25, -0.2) is 18.1 Å². The molecule has 0 aliphatic rings. The fraction of sp³-hybridized carbons (Fsp3) is 0.500. The quantitative estimate of drug-likeness (QED) is 0.430. The van der Waals surface area contributed by atoms with Crippen LogP contribution in [0.1, 0.15) is 47.6 Å². The molecule has 0 saturated carbocycles. The van der Waals surface area contributed by atoms with Gasteiger partial charge in [0.05, 0.1) is 27.4 Å². The number of amides is 1. The van der Waals surface area contributed by atoms with Gasteiger partial charge in [0.1, 0.15) is 5.82 Å². The van der Waals surface area contributed by atoms with Gasteiger partial charge in [0.15, 0.2) is 5.16 Å². The Kier molecular flexibility index (Phi) is 7.86. The Balaban J connectivity index is 1.87. The fourth-order valence-corrected chi connectivity index (χ4v) is 6.09. The first-order valence-electron chi connectivity index (χ1n) is 11.1. The van der Waals surface area contributed by atoms with Crippen molar-refractivity contribution in [2.45, 2.75) is 69.4 Å². The number of aromatic nitrogens is 4. The molecule has 0 spiro atoms. The second-order valence-corrected chi connectivity index (χ2v) is 11.1. The highest BCUT2D eigenvalue weighted by atomic mass is 32.2. The predicted octanol–water partition coefficient (Wildman–Crippen LogP) is 3.98. The van der Waals surface area contributed by atoms with Gasteiger partial charge in [0.2, 0.25) is 15.9 Å². The third-order valence-electron chi connectivity index (χ3n) is 5.41. The van der Waals surface area contributed by atoms with Gasteiger partial charge in [-0.05, 0) is 45.9 Å². The molecule has 2 aromatic heterocycles. The number of fused-ring (bicyclic) bond motifs is 1. The summed E-state index contributed by atoms with van der Waals surface area (Å²) >= 11 is 1.34. The highest BCUT2D eigenvalue weighted by Gasteiger charge is 2.24. The second kappa shape index (κ2) is 10.3. The number of rotatable bonds is 10. The van der Waals surface area contributed by atoms with Crippen LogP contribution >= 0.6 is 11.8 Å². The minimum absolute atomic E-state index is 0.129. The second-order valence-electron chi connectivity index (χ2n) is 7.88. The zero-order valence-electron chi connectivity index (χ0n) is 19.9. The van der Waals surface area contributed by atoms with Crippen molar-refractivity contribution in [2.75, 3.05) is 18.4 Å². The average Bonchev–Trinajstić information content (AvgIpc) is 3.37. The summed E-state index contributed by atoms with van der Waals surface area (Å²) in [5.41, 5.74) is 1.43. The summed E-state index contributed by atoms with van der Waals surface area (Å²) in [7, 11) is -3.57. The number of anilines is 1. The lowest BCUT2D eigenvalue weighted by Crippen LogP contribution is -2.30. The third-order valence-corrected chi connectivity index (χ3v) is 8.54. The van der Waals surface area contributed by atoms with Crippen LogP contribution in [-0.4, -0.2) is 56.3 Å². The largest absolute Gasteiger partial charge is 0.319 e. The van der Waals surface area contributed by atoms with Crippen LogP contribution in [0.2, 0.25) is 0 Å². The van der Waals surface area contributed by atoms with Crippen LogP contribution in [0.5, 0.6) is 0 Å². The SMILES string of the molecule is CCN(CC)S(=O)(=O)c1ccc2c(c1)nc(S[C@H](C)C(=O)Nc1ccnn1C(C)C)n2CC. The molecule has 1 N–H and O–H groups in total. The van der Waals surface area contributed by atoms with Crippen molar-refractivity contribution in [2.24, 2.45) is 0 Å². The molecule has 0 aliphatic carbocycles. The summed E-state index contributed by atoms with van der Waals surface area (Å²) in [6.07, 6.45) is 1.66. The van der Waals surface area contributed by atoms with Crippen LogP contribution < -0.4 is 5.32 Å². The van der Waals surface area contributed by atoms with Gasteiger partial charge in [0, 0.05) is 31.7 Å². The van der Waals surface area contributed by atoms with E-state index in [-0.39, 0.29) is 16.8 Å². The molecule has 33 heavy (non-hydrogen) atoms. The van der Waals surface area contributed by atoms with Gasteiger partial charge in [-0.3, -0.25) is 4.79 Å². The average molecular weight is 493 g/mol. The molecule has 2 heterocycles. The van der Waals surface area contributed by atoms with Crippen LogP contribution in [0.4, 0.5) is 5.82 Å². The summed E-state index contributed by atoms with van der Waals surface area (Å²) in [5, 5.41) is 7.44. The number of carbonyl (C=O) groups is 1. The molecule has 0 unspecified atom stereocenters. The molecule has 1 atom stereocenters. The summed E-state index contributed by atoms with van der Waals surface area (Å²) in [4.78, 5) is 17.7. The molecule has 0 bridgehead atoms. The van der Waals surface area contributed by atoms with Gasteiger partial charge in [-0.2, -0.15) is 9.40 Å². The Morgan fingerprint density at radius 3 is 2.45 bits per heavy atom. The zero-order valence-corrected chi connectivity index (χ0v) is 21.6. The van der Waals surface area contributed by atoms with E-state index in [0.29, 0.717) is 36.1 Å². The highest BCUT2D eigenvalue weighted by Crippen LogP contribution is 2.30. The van der Waals surface area contributed by atoms with Gasteiger partial charge in [-0.15, -0.1) is 0 Å². The molecule has 9 nitrogen and oxygen atoms in total. The number of hydrogen-bond acceptors (Lipinski definition) is 6. The van der Waals surface area contributed by atoms with Crippen LogP contribution in [0.3, 0.4) is 0 Å². The van der Waals surface area contributed by atoms with E-state index in [2.05, 4.69) is 15.4 Å². The summed E-state index contributed by atoms with van der Waals surface area (Å²) < 4.78 is 31.0. The number of sulfonamides is 1. The van der Waals surface area contributed by atoms with Gasteiger partial charge >= 0.3 is 0 Å². The molecule has 1 aromatic carbocycles. The van der Waals surface area contributed by atoms with E-state index in [1.54, 1.807) is 35.1 Å². The number of hydrogen-bond donors (Lipinski definition) is 1. The highest BCUT2D eigenvalue weighted by molar-refractivity contribution is 8.00. The fourth-order valence-electron chi connectivity index (χ4n) is 3.62. The molecule has 11 heteroatoms. The van der Waals surface area contributed by atoms with Crippen molar-refractivity contribution in [3.05, 3.63) is 30.5 Å². The molecule has 1 amide bonds. The maximum absolute atomic E-state index is 12.9. The van der Waals surface area contributed by atoms with Crippen LogP contribution in [0.25, 0.3) is 11.0 Å². The first kappa shape index (κ1) is 25.3. The van der Waals surface area contributed by atoms with E-state index in [1.165, 1.54) is 16.1 Å². The van der Waals surface area contributed by atoms with E-state index in [9.17, 15) is 13.2 Å². The predicted molar refractivity (Wildman–Crippen MR) is 132 cm³/mol. The van der Waals surface area contributed by atoms with Crippen LogP contribution in [-0.2, 0) is 21.4 Å². The molecule has 0 fully saturated rings. The van der Waals surface area contributed by atoms with Crippen molar-refractivity contribution in [1.82, 2.24) is 23.6 Å². The number of carbonyl (C=O) groups excluding carboxylic acids is 1. The van der Waals surface area contributed by atoms with Crippen molar-refractivity contribution < 1.29 is 13.2 Å². The number of benzene rings is 1. The van der Waals surface area contributed by atoms with Crippen LogP contribution in [0, 0.1) is 0 Å². The maximum atomic E-state index is 12.9. The summed E-state index contributed by atoms with van der Waals surface area (Å²) in [6.45, 7) is 12.9. The minimum atomic E-state index is -3.57. The molecule has 3 rings (SSSR count). The van der Waals surface area contributed by atoms with Crippen molar-refractivity contribution in [3.8, 4) is 0 Å². The lowest BCUT2D eigenvalue weighted by atomic mass is 10.3. The Morgan fingerprint density at radius 2 is 1.85 bits per heavy atom. The Labute approximate surface area is 199 Å². The molecular weight excluding hydrogens is 460 g/mol. The maximum Gasteiger partial charge on any atom is 0.243 e. The zero-order chi connectivity index (χ0) is 24.3. The number of imidazole rings is 1. The Hall–Kier alpha value is -2.37. The molecule has 0 saturated heterocycles. The van der Waals surface area contributed by atoms with Crippen molar-refractivity contribution in [1.29, 1.82) is 0 Å². The van der Waals surface area contributed by atoms with Gasteiger partial charge in [0.25, 0.3) is 0 Å². The Bertz CT molecular complexity index is 1230. The minimum Gasteiger partial charge on any atom is -0.319 e. The molecule has 0 radical (unpaired) electrons. The first-order valence-corrected chi connectivity index (χ1v) is 13.5. The number of aryl methyl sites for hydroxylation is 1. The first-order chi connectivity index (χ1) is 15.6. The smallest absolute Gasteiger partial charge is 0.243 e. The number of nitrogens with one attached hydrogen (secondary N) is 1. The van der Waals surface area contributed by atoms with E-state index in [0.717, 1.165) is 5.52 Å². The van der Waals surface area contributed by atoms with E-state index in [4.69, 9.17) is 0 Å². The standard InChI is InChI=1S/C22H32N6O3S2/c1-7-26(8-2)33(30,31)17-10-11-19-18(14-17)24-22(27(19)9-3)32-16(6)21(29)25-20-12-13-23-28(20)15(4)5/h10-16H,7-9H2,1-6H3,(H,25,29)/t16-/m1/s1. The van der Waals surface area contributed by atoms with E-state index < -0.39 is 15.3 Å². The van der Waals surface area contributed by atoms with Gasteiger partial charge in [-0.1, -0.05) is 25.6 Å². The van der Waals surface area contributed by atoms with E-state index in [1.807, 2.05) is 46.1 Å². The van der Waals surface area contributed by atoms with Crippen molar-refractivity contribution >= 4 is 44.5 Å². The molecular formula is C22H32N6O3S2. The lowest BCUT2D eigenvalue weighted by Gasteiger charge is -2.18. The molecule has 3 aromatic rings. The normalized spacial score (nSPS) is 13.2. The number of thioether (sulfide) groups is 1. The third kappa shape index (κ3) is 5.10. The topological polar surface area (TPSA) is 102 Å². The monoisotopic (exact) mass is 492 g/mol. The van der Waals surface area contributed by atoms with Gasteiger partial charge < -0.3 is 9.88 Å². The number of nitrogens with zero attached hydrogens (tertiary/aromatic N) is 5. The van der Waals surface area contributed by atoms with E-state index >= 15 is 0 Å². The summed E-state index contributed by atoms with van der Waals surface area (Å²) in [5.74, 6) is 0.500. The Morgan fingerprint density at radius 1 is 1.15 bits per heavy atom. The molecule has 0 aliphatic heterocycles. The molecule has 180 valence electrons. The van der Waals surface area contributed by atoms with Crippen LogP contribution in [0.15, 0.2) is 40.5 Å². The van der Waals surface area contributed by atoms with Crippen molar-refractivity contribution in [3.63, 3.8) is 0 Å².